The van der Waals surface area contributed by atoms with Crippen molar-refractivity contribution in [2.75, 3.05) is 19.6 Å². The summed E-state index contributed by atoms with van der Waals surface area (Å²) in [7, 11) is -3.62. The number of carbonyl (C=O) groups excluding carboxylic acids is 1. The lowest BCUT2D eigenvalue weighted by Gasteiger charge is -2.35. The summed E-state index contributed by atoms with van der Waals surface area (Å²) in [5, 5.41) is 10.7. The van der Waals surface area contributed by atoms with E-state index in [1.54, 1.807) is 17.5 Å². The van der Waals surface area contributed by atoms with Gasteiger partial charge in [-0.2, -0.15) is 4.31 Å². The molecule has 0 bridgehead atoms. The summed E-state index contributed by atoms with van der Waals surface area (Å²) >= 11 is 1.21. The molecule has 2 aromatic rings. The molecule has 168 valence electrons. The minimum atomic E-state index is -3.62. The molecule has 2 aromatic heterocycles. The van der Waals surface area contributed by atoms with Crippen LogP contribution in [0.1, 0.15) is 62.5 Å². The summed E-state index contributed by atoms with van der Waals surface area (Å²) in [6.07, 6.45) is 7.69. The van der Waals surface area contributed by atoms with Gasteiger partial charge in [0.2, 0.25) is 5.91 Å². The molecule has 0 aromatic carbocycles. The lowest BCUT2D eigenvalue weighted by molar-refractivity contribution is -0.135. The number of sulfonamides is 1. The van der Waals surface area contributed by atoms with Crippen LogP contribution in [0.4, 0.5) is 0 Å². The quantitative estimate of drug-likeness (QED) is 0.696. The number of thiophene rings is 1. The summed E-state index contributed by atoms with van der Waals surface area (Å²) in [6.45, 7) is 2.64. The predicted molar refractivity (Wildman–Crippen MR) is 117 cm³/mol. The molecule has 2 atom stereocenters. The molecule has 0 saturated carbocycles. The molecule has 2 saturated heterocycles. The Morgan fingerprint density at radius 2 is 1.90 bits per heavy atom. The number of hydrogen-bond donors (Lipinski definition) is 0. The van der Waals surface area contributed by atoms with Crippen molar-refractivity contribution < 1.29 is 13.2 Å². The molecule has 3 aliphatic heterocycles. The van der Waals surface area contributed by atoms with Crippen LogP contribution >= 0.6 is 11.3 Å². The molecule has 1 amide bonds. The number of aromatic nitrogens is 3. The summed E-state index contributed by atoms with van der Waals surface area (Å²) in [4.78, 5) is 15.3. The van der Waals surface area contributed by atoms with Crippen molar-refractivity contribution >= 4 is 27.3 Å². The summed E-state index contributed by atoms with van der Waals surface area (Å²) in [6, 6.07) is 2.76. The maximum absolute atomic E-state index is 13.5. The molecule has 3 aliphatic rings. The number of likely N-dealkylation sites (tertiary alicyclic amines) is 1. The summed E-state index contributed by atoms with van der Waals surface area (Å²) < 4.78 is 30.2. The third-order valence-electron chi connectivity index (χ3n) is 6.78. The van der Waals surface area contributed by atoms with Gasteiger partial charge in [-0.25, -0.2) is 8.42 Å². The molecule has 0 spiro atoms. The van der Waals surface area contributed by atoms with Crippen molar-refractivity contribution in [1.29, 1.82) is 0 Å². The minimum absolute atomic E-state index is 0.0575. The number of piperidine rings is 1. The van der Waals surface area contributed by atoms with Gasteiger partial charge in [0.25, 0.3) is 10.0 Å². The van der Waals surface area contributed by atoms with Gasteiger partial charge in [-0.05, 0) is 50.0 Å². The van der Waals surface area contributed by atoms with Crippen LogP contribution in [0.3, 0.4) is 0 Å². The van der Waals surface area contributed by atoms with Crippen LogP contribution in [0.2, 0.25) is 0 Å². The van der Waals surface area contributed by atoms with Gasteiger partial charge in [-0.15, -0.1) is 21.5 Å². The van der Waals surface area contributed by atoms with Crippen LogP contribution in [0.5, 0.6) is 0 Å². The van der Waals surface area contributed by atoms with Crippen molar-refractivity contribution in [3.63, 3.8) is 0 Å². The molecule has 5 heterocycles. The van der Waals surface area contributed by atoms with Crippen molar-refractivity contribution in [2.45, 2.75) is 74.1 Å². The smallest absolute Gasteiger partial charge is 0.253 e. The SMILES string of the molecule is O=C(C1CCCN1S(=O)(=O)c1cccs1)N1CCCC(c2nnc3n2CCCCC3)C1. The standard InChI is InChI=1S/C21H29N5O3S2/c27-21(17-8-5-13-26(17)31(28,29)19-10-6-14-30-19)24-11-4-7-16(15-24)20-23-22-18-9-2-1-3-12-25(18)20/h6,10,14,16-17H,1-5,7-9,11-13,15H2. The number of aryl methyl sites for hydroxylation is 1. The fourth-order valence-electron chi connectivity index (χ4n) is 5.21. The average molecular weight is 464 g/mol. The highest BCUT2D eigenvalue weighted by atomic mass is 32.2. The third kappa shape index (κ3) is 3.93. The van der Waals surface area contributed by atoms with Gasteiger partial charge < -0.3 is 9.47 Å². The summed E-state index contributed by atoms with van der Waals surface area (Å²) in [5.74, 6) is 2.18. The van der Waals surface area contributed by atoms with Crippen LogP contribution in [-0.2, 0) is 27.8 Å². The predicted octanol–water partition coefficient (Wildman–Crippen LogP) is 2.63. The van der Waals surface area contributed by atoms with E-state index in [2.05, 4.69) is 14.8 Å². The first-order valence-electron chi connectivity index (χ1n) is 11.3. The average Bonchev–Trinajstić information content (AvgIpc) is 3.53. The van der Waals surface area contributed by atoms with E-state index in [-0.39, 0.29) is 11.8 Å². The highest BCUT2D eigenvalue weighted by Gasteiger charge is 2.42. The molecule has 31 heavy (non-hydrogen) atoms. The molecule has 10 heteroatoms. The maximum Gasteiger partial charge on any atom is 0.253 e. The second kappa shape index (κ2) is 8.63. The number of carbonyl (C=O) groups is 1. The van der Waals surface area contributed by atoms with Gasteiger partial charge in [-0.1, -0.05) is 12.5 Å². The van der Waals surface area contributed by atoms with E-state index >= 15 is 0 Å². The third-order valence-corrected chi connectivity index (χ3v) is 10.1. The second-order valence-electron chi connectivity index (χ2n) is 8.77. The topological polar surface area (TPSA) is 88.4 Å². The zero-order chi connectivity index (χ0) is 21.4. The van der Waals surface area contributed by atoms with Crippen molar-refractivity contribution in [1.82, 2.24) is 24.0 Å². The van der Waals surface area contributed by atoms with E-state index in [0.717, 1.165) is 56.7 Å². The van der Waals surface area contributed by atoms with Crippen LogP contribution < -0.4 is 0 Å². The van der Waals surface area contributed by atoms with Crippen LogP contribution in [0.15, 0.2) is 21.7 Å². The Hall–Kier alpha value is -1.78. The van der Waals surface area contributed by atoms with Gasteiger partial charge in [0, 0.05) is 38.5 Å². The Balaban J connectivity index is 1.34. The number of amides is 1. The first kappa shape index (κ1) is 21.1. The van der Waals surface area contributed by atoms with E-state index in [1.165, 1.54) is 22.1 Å². The Kier molecular flexibility index (Phi) is 5.87. The Morgan fingerprint density at radius 1 is 1.03 bits per heavy atom. The molecular formula is C21H29N5O3S2. The normalized spacial score (nSPS) is 25.4. The van der Waals surface area contributed by atoms with Crippen LogP contribution in [0, 0.1) is 0 Å². The van der Waals surface area contributed by atoms with Gasteiger partial charge in [-0.3, -0.25) is 4.79 Å². The lowest BCUT2D eigenvalue weighted by Crippen LogP contribution is -2.50. The summed E-state index contributed by atoms with van der Waals surface area (Å²) in [5.41, 5.74) is 0. The molecule has 0 N–H and O–H groups in total. The van der Waals surface area contributed by atoms with E-state index in [1.807, 2.05) is 4.90 Å². The first-order chi connectivity index (χ1) is 15.1. The van der Waals surface area contributed by atoms with Gasteiger partial charge in [0.1, 0.15) is 21.9 Å². The maximum atomic E-state index is 13.5. The van der Waals surface area contributed by atoms with E-state index in [4.69, 9.17) is 0 Å². The monoisotopic (exact) mass is 463 g/mol. The highest BCUT2D eigenvalue weighted by molar-refractivity contribution is 7.91. The van der Waals surface area contributed by atoms with Crippen molar-refractivity contribution in [3.05, 3.63) is 29.2 Å². The van der Waals surface area contributed by atoms with E-state index in [9.17, 15) is 13.2 Å². The van der Waals surface area contributed by atoms with Gasteiger partial charge in [0.05, 0.1) is 0 Å². The number of nitrogens with zero attached hydrogens (tertiary/aromatic N) is 5. The number of hydrogen-bond acceptors (Lipinski definition) is 6. The molecule has 2 fully saturated rings. The van der Waals surface area contributed by atoms with Crippen molar-refractivity contribution in [2.24, 2.45) is 0 Å². The van der Waals surface area contributed by atoms with Gasteiger partial charge in [0.15, 0.2) is 0 Å². The lowest BCUT2D eigenvalue weighted by atomic mass is 9.96. The molecule has 2 unspecified atom stereocenters. The molecule has 5 rings (SSSR count). The van der Waals surface area contributed by atoms with Crippen LogP contribution in [-0.4, -0.2) is 64.0 Å². The van der Waals surface area contributed by atoms with Crippen LogP contribution in [0.25, 0.3) is 0 Å². The molecule has 0 aliphatic carbocycles. The highest BCUT2D eigenvalue weighted by Crippen LogP contribution is 2.32. The molecule has 8 nitrogen and oxygen atoms in total. The Bertz CT molecular complexity index is 1030. The Labute approximate surface area is 187 Å². The second-order valence-corrected chi connectivity index (χ2v) is 11.8. The zero-order valence-electron chi connectivity index (χ0n) is 17.6. The van der Waals surface area contributed by atoms with E-state index in [0.29, 0.717) is 30.3 Å². The zero-order valence-corrected chi connectivity index (χ0v) is 19.3. The van der Waals surface area contributed by atoms with Crippen molar-refractivity contribution in [3.8, 4) is 0 Å². The number of fused-ring (bicyclic) bond motifs is 1. The largest absolute Gasteiger partial charge is 0.341 e. The molecule has 0 radical (unpaired) electrons. The molecular weight excluding hydrogens is 434 g/mol. The fraction of sp³-hybridized carbons (Fsp3) is 0.667. The van der Waals surface area contributed by atoms with E-state index < -0.39 is 16.1 Å². The van der Waals surface area contributed by atoms with Gasteiger partial charge >= 0.3 is 0 Å². The number of rotatable bonds is 4. The Morgan fingerprint density at radius 3 is 2.74 bits per heavy atom. The fourth-order valence-corrected chi connectivity index (χ4v) is 7.98. The minimum Gasteiger partial charge on any atom is -0.341 e. The first-order valence-corrected chi connectivity index (χ1v) is 13.6.